The third kappa shape index (κ3) is 2.12. The summed E-state index contributed by atoms with van der Waals surface area (Å²) >= 11 is 0. The van der Waals surface area contributed by atoms with Gasteiger partial charge in [0.15, 0.2) is 0 Å². The van der Waals surface area contributed by atoms with Crippen molar-refractivity contribution in [2.24, 2.45) is 35.5 Å². The van der Waals surface area contributed by atoms with Gasteiger partial charge in [0.1, 0.15) is 0 Å². The molecule has 6 aliphatic rings. The quantitative estimate of drug-likeness (QED) is 0.492. The van der Waals surface area contributed by atoms with E-state index in [4.69, 9.17) is 0 Å². The van der Waals surface area contributed by atoms with Gasteiger partial charge in [0.25, 0.3) is 0 Å². The van der Waals surface area contributed by atoms with Crippen LogP contribution in [0.25, 0.3) is 0 Å². The molecule has 0 heterocycles. The Bertz CT molecular complexity index is 942. The average molecular weight is 367 g/mol. The second-order valence-corrected chi connectivity index (χ2v) is 10.1. The standard InChI is InChI=1S/C28H30/c1-15(2)19-11-21-12-20(16(3)4)14-25-23-10-8-18-6-5-17-7-9-22(28(23)26(17)18)24(13-19)27(21)25/h7-16,21,26-28H,5-6H2,1-4H3. The van der Waals surface area contributed by atoms with Gasteiger partial charge in [-0.25, -0.2) is 0 Å². The molecule has 6 aliphatic carbocycles. The van der Waals surface area contributed by atoms with Gasteiger partial charge in [0, 0.05) is 23.7 Å². The molecule has 0 saturated heterocycles. The minimum absolute atomic E-state index is 0.511. The summed E-state index contributed by atoms with van der Waals surface area (Å²) in [6.07, 6.45) is 22.7. The van der Waals surface area contributed by atoms with Gasteiger partial charge < -0.3 is 0 Å². The van der Waals surface area contributed by atoms with E-state index in [9.17, 15) is 0 Å². The van der Waals surface area contributed by atoms with E-state index in [-0.39, 0.29) is 0 Å². The van der Waals surface area contributed by atoms with Gasteiger partial charge in [0.05, 0.1) is 0 Å². The molecule has 0 radical (unpaired) electrons. The topological polar surface area (TPSA) is 0 Å². The van der Waals surface area contributed by atoms with Crippen molar-refractivity contribution >= 4 is 0 Å². The summed E-state index contributed by atoms with van der Waals surface area (Å²) in [5.41, 5.74) is 12.9. The van der Waals surface area contributed by atoms with E-state index in [1.54, 1.807) is 33.4 Å². The van der Waals surface area contributed by atoms with Crippen LogP contribution in [0.4, 0.5) is 0 Å². The van der Waals surface area contributed by atoms with E-state index in [0.717, 1.165) is 0 Å². The van der Waals surface area contributed by atoms with Crippen molar-refractivity contribution in [1.29, 1.82) is 0 Å². The van der Waals surface area contributed by atoms with Gasteiger partial charge in [-0.1, -0.05) is 87.4 Å². The molecule has 6 rings (SSSR count). The SMILES string of the molecule is CC(C)C1=CC2C=C(C(C)C)C=C3C4=CC=C5CCC6=CC=C(C(=C1)C32)C4C65. The van der Waals surface area contributed by atoms with Crippen LogP contribution in [-0.2, 0) is 0 Å². The number of hydrogen-bond donors (Lipinski definition) is 0. The van der Waals surface area contributed by atoms with Crippen LogP contribution in [0.15, 0.2) is 93.2 Å². The van der Waals surface area contributed by atoms with Crippen molar-refractivity contribution < 1.29 is 0 Å². The molecule has 0 bridgehead atoms. The number of rotatable bonds is 2. The first-order chi connectivity index (χ1) is 13.5. The summed E-state index contributed by atoms with van der Waals surface area (Å²) in [7, 11) is 0. The highest BCUT2D eigenvalue weighted by Gasteiger charge is 2.49. The third-order valence-corrected chi connectivity index (χ3v) is 7.93. The monoisotopic (exact) mass is 366 g/mol. The Balaban J connectivity index is 1.61. The molecule has 0 N–H and O–H groups in total. The molecule has 2 fully saturated rings. The van der Waals surface area contributed by atoms with Crippen LogP contribution in [-0.4, -0.2) is 0 Å². The van der Waals surface area contributed by atoms with Crippen LogP contribution < -0.4 is 0 Å². The lowest BCUT2D eigenvalue weighted by Crippen LogP contribution is -2.38. The van der Waals surface area contributed by atoms with E-state index in [1.165, 1.54) is 24.0 Å². The van der Waals surface area contributed by atoms with E-state index >= 15 is 0 Å². The van der Waals surface area contributed by atoms with Gasteiger partial charge in [0.2, 0.25) is 0 Å². The minimum Gasteiger partial charge on any atom is -0.0732 e. The first-order valence-corrected chi connectivity index (χ1v) is 11.2. The Morgan fingerprint density at radius 2 is 1.11 bits per heavy atom. The lowest BCUT2D eigenvalue weighted by Gasteiger charge is -2.49. The van der Waals surface area contributed by atoms with E-state index in [0.29, 0.717) is 35.5 Å². The van der Waals surface area contributed by atoms with Gasteiger partial charge in [-0.05, 0) is 58.1 Å². The molecule has 0 unspecified atom stereocenters. The molecule has 0 atom stereocenters. The highest BCUT2D eigenvalue weighted by molar-refractivity contribution is 5.68. The van der Waals surface area contributed by atoms with Crippen molar-refractivity contribution in [1.82, 2.24) is 0 Å². The fourth-order valence-electron chi connectivity index (χ4n) is 6.47. The van der Waals surface area contributed by atoms with Crippen molar-refractivity contribution in [2.45, 2.75) is 40.5 Å². The van der Waals surface area contributed by atoms with Crippen molar-refractivity contribution in [2.75, 3.05) is 0 Å². The van der Waals surface area contributed by atoms with Gasteiger partial charge in [-0.2, -0.15) is 0 Å². The predicted octanol–water partition coefficient (Wildman–Crippen LogP) is 7.04. The Hall–Kier alpha value is -2.08. The Morgan fingerprint density at radius 1 is 0.607 bits per heavy atom. The first-order valence-electron chi connectivity index (χ1n) is 11.2. The zero-order valence-electron chi connectivity index (χ0n) is 17.5. The highest BCUT2D eigenvalue weighted by Crippen LogP contribution is 2.61. The lowest BCUT2D eigenvalue weighted by molar-refractivity contribution is 0.470. The second-order valence-electron chi connectivity index (χ2n) is 10.1. The van der Waals surface area contributed by atoms with E-state index < -0.39 is 0 Å². The van der Waals surface area contributed by atoms with Gasteiger partial charge in [-0.15, -0.1) is 0 Å². The smallest absolute Gasteiger partial charge is 0.0198 e. The van der Waals surface area contributed by atoms with Crippen LogP contribution in [0.3, 0.4) is 0 Å². The highest BCUT2D eigenvalue weighted by atomic mass is 14.5. The summed E-state index contributed by atoms with van der Waals surface area (Å²) in [6.45, 7) is 9.37. The lowest BCUT2D eigenvalue weighted by atomic mass is 9.54. The maximum absolute atomic E-state index is 2.57. The average Bonchev–Trinajstić information content (AvgIpc) is 3.11. The Morgan fingerprint density at radius 3 is 1.57 bits per heavy atom. The molecular weight excluding hydrogens is 336 g/mol. The fourth-order valence-corrected chi connectivity index (χ4v) is 6.47. The zero-order chi connectivity index (χ0) is 19.2. The van der Waals surface area contributed by atoms with Crippen LogP contribution in [0.1, 0.15) is 40.5 Å². The number of hydrogen-bond acceptors (Lipinski definition) is 0. The van der Waals surface area contributed by atoms with E-state index in [1.807, 2.05) is 0 Å². The Kier molecular flexibility index (Phi) is 3.44. The normalized spacial score (nSPS) is 34.4. The summed E-state index contributed by atoms with van der Waals surface area (Å²) in [4.78, 5) is 0. The molecule has 0 aromatic rings. The molecular formula is C28H30. The zero-order valence-corrected chi connectivity index (χ0v) is 17.5. The predicted molar refractivity (Wildman–Crippen MR) is 118 cm³/mol. The summed E-state index contributed by atoms with van der Waals surface area (Å²) in [5.74, 6) is 3.40. The molecule has 28 heavy (non-hydrogen) atoms. The largest absolute Gasteiger partial charge is 0.0732 e. The fraction of sp³-hybridized carbons (Fsp3) is 0.429. The van der Waals surface area contributed by atoms with Gasteiger partial charge in [-0.3, -0.25) is 0 Å². The molecule has 0 aliphatic heterocycles. The maximum Gasteiger partial charge on any atom is 0.0198 e. The molecule has 0 aromatic carbocycles. The molecule has 0 amide bonds. The molecule has 0 nitrogen and oxygen atoms in total. The van der Waals surface area contributed by atoms with Gasteiger partial charge >= 0.3 is 0 Å². The molecule has 0 spiro atoms. The van der Waals surface area contributed by atoms with Crippen LogP contribution in [0.2, 0.25) is 0 Å². The molecule has 0 heteroatoms. The van der Waals surface area contributed by atoms with Crippen LogP contribution in [0, 0.1) is 35.5 Å². The van der Waals surface area contributed by atoms with Crippen molar-refractivity contribution in [3.63, 3.8) is 0 Å². The molecule has 0 aromatic heterocycles. The molecule has 2 saturated carbocycles. The minimum atomic E-state index is 0.511. The van der Waals surface area contributed by atoms with Crippen LogP contribution in [0.5, 0.6) is 0 Å². The maximum atomic E-state index is 2.57. The number of allylic oxidation sites excluding steroid dienone is 16. The van der Waals surface area contributed by atoms with Crippen molar-refractivity contribution in [3.8, 4) is 0 Å². The first kappa shape index (κ1) is 16.8. The summed E-state index contributed by atoms with van der Waals surface area (Å²) in [6, 6.07) is 0. The van der Waals surface area contributed by atoms with E-state index in [2.05, 4.69) is 76.3 Å². The number of fused-ring (bicyclic) bond motifs is 2. The summed E-state index contributed by atoms with van der Waals surface area (Å²) < 4.78 is 0. The Labute approximate surface area is 169 Å². The van der Waals surface area contributed by atoms with Crippen LogP contribution >= 0.6 is 0 Å². The summed E-state index contributed by atoms with van der Waals surface area (Å²) in [5, 5.41) is 0. The molecule has 142 valence electrons. The third-order valence-electron chi connectivity index (χ3n) is 7.93. The second kappa shape index (κ2) is 5.72. The van der Waals surface area contributed by atoms with Crippen molar-refractivity contribution in [3.05, 3.63) is 93.2 Å².